The van der Waals surface area contributed by atoms with E-state index in [1.165, 1.54) is 4.90 Å². The molecule has 10 heteroatoms. The third-order valence-corrected chi connectivity index (χ3v) is 6.25. The number of benzene rings is 1. The van der Waals surface area contributed by atoms with Crippen LogP contribution in [-0.2, 0) is 9.53 Å². The van der Waals surface area contributed by atoms with Crippen molar-refractivity contribution in [2.75, 3.05) is 53.5 Å². The van der Waals surface area contributed by atoms with Gasteiger partial charge < -0.3 is 25.0 Å². The van der Waals surface area contributed by atoms with Crippen molar-refractivity contribution in [1.82, 2.24) is 25.3 Å². The van der Waals surface area contributed by atoms with Crippen LogP contribution in [0.1, 0.15) is 45.7 Å². The first kappa shape index (κ1) is 27.3. The number of likely N-dealkylation sites (N-methyl/N-ethyl adjacent to an activating group) is 1. The Hall–Kier alpha value is -3.27. The van der Waals surface area contributed by atoms with Crippen molar-refractivity contribution in [3.8, 4) is 5.75 Å². The minimum Gasteiger partial charge on any atom is -0.496 e. The van der Waals surface area contributed by atoms with Gasteiger partial charge in [-0.05, 0) is 40.2 Å². The predicted molar refractivity (Wildman–Crippen MR) is 137 cm³/mol. The van der Waals surface area contributed by atoms with Gasteiger partial charge in [-0.15, -0.1) is 0 Å². The molecular formula is C26H39N5O5. The van der Waals surface area contributed by atoms with Crippen molar-refractivity contribution >= 4 is 18.0 Å². The molecule has 1 aromatic rings. The molecule has 36 heavy (non-hydrogen) atoms. The molecule has 0 spiro atoms. The molecule has 198 valence electrons. The highest BCUT2D eigenvalue weighted by atomic mass is 16.5. The van der Waals surface area contributed by atoms with Crippen LogP contribution in [0.25, 0.3) is 0 Å². The number of carbonyl (C=O) groups excluding carboxylic acids is 3. The number of urea groups is 2. The summed E-state index contributed by atoms with van der Waals surface area (Å²) < 4.78 is 11.0. The van der Waals surface area contributed by atoms with Crippen molar-refractivity contribution in [3.05, 3.63) is 41.1 Å². The number of hydrogen-bond acceptors (Lipinski definition) is 6. The number of nitrogens with one attached hydrogen (secondary N) is 2. The Morgan fingerprint density at radius 1 is 1.14 bits per heavy atom. The van der Waals surface area contributed by atoms with Gasteiger partial charge >= 0.3 is 18.0 Å². The van der Waals surface area contributed by atoms with Crippen molar-refractivity contribution in [3.63, 3.8) is 0 Å². The molecule has 2 N–H and O–H groups in total. The van der Waals surface area contributed by atoms with Gasteiger partial charge in [0.05, 0.1) is 25.3 Å². The SMILES string of the molecule is CCOC(=O)C1=C(CN2CCCN(C(=O)NC(C)(C)C)CC2)N(C)C(=O)N[C@H]1c1ccccc1OC. The van der Waals surface area contributed by atoms with E-state index in [9.17, 15) is 14.4 Å². The third kappa shape index (κ3) is 6.48. The van der Waals surface area contributed by atoms with Crippen LogP contribution >= 0.6 is 0 Å². The first-order valence-electron chi connectivity index (χ1n) is 12.4. The summed E-state index contributed by atoms with van der Waals surface area (Å²) in [5.41, 5.74) is 1.34. The van der Waals surface area contributed by atoms with Gasteiger partial charge in [-0.3, -0.25) is 9.80 Å². The molecule has 1 atom stereocenters. The molecular weight excluding hydrogens is 462 g/mol. The highest BCUT2D eigenvalue weighted by Crippen LogP contribution is 2.35. The second-order valence-corrected chi connectivity index (χ2v) is 10.1. The lowest BCUT2D eigenvalue weighted by atomic mass is 9.93. The molecule has 1 saturated heterocycles. The van der Waals surface area contributed by atoms with E-state index in [4.69, 9.17) is 9.47 Å². The lowest BCUT2D eigenvalue weighted by Crippen LogP contribution is -2.50. The number of rotatable bonds is 6. The first-order chi connectivity index (χ1) is 17.1. The molecule has 4 amide bonds. The summed E-state index contributed by atoms with van der Waals surface area (Å²) in [4.78, 5) is 44.4. The normalized spacial score (nSPS) is 19.5. The lowest BCUT2D eigenvalue weighted by molar-refractivity contribution is -0.139. The van der Waals surface area contributed by atoms with Gasteiger partial charge in [-0.2, -0.15) is 0 Å². The van der Waals surface area contributed by atoms with Crippen LogP contribution in [0.15, 0.2) is 35.5 Å². The van der Waals surface area contributed by atoms with Crippen molar-refractivity contribution in [2.45, 2.75) is 45.7 Å². The molecule has 2 heterocycles. The first-order valence-corrected chi connectivity index (χ1v) is 12.4. The zero-order valence-electron chi connectivity index (χ0n) is 22.2. The van der Waals surface area contributed by atoms with Crippen LogP contribution in [0, 0.1) is 0 Å². The molecule has 0 unspecified atom stereocenters. The molecule has 10 nitrogen and oxygen atoms in total. The average molecular weight is 502 g/mol. The van der Waals surface area contributed by atoms with Crippen LogP contribution in [0.4, 0.5) is 9.59 Å². The zero-order chi connectivity index (χ0) is 26.5. The van der Waals surface area contributed by atoms with E-state index >= 15 is 0 Å². The average Bonchev–Trinajstić information content (AvgIpc) is 3.06. The smallest absolute Gasteiger partial charge is 0.338 e. The highest BCUT2D eigenvalue weighted by molar-refractivity contribution is 5.95. The number of para-hydroxylation sites is 1. The quantitative estimate of drug-likeness (QED) is 0.581. The molecule has 2 aliphatic rings. The number of amides is 4. The minimum absolute atomic E-state index is 0.0822. The summed E-state index contributed by atoms with van der Waals surface area (Å²) in [6, 6.07) is 6.22. The van der Waals surface area contributed by atoms with Crippen molar-refractivity contribution < 1.29 is 23.9 Å². The summed E-state index contributed by atoms with van der Waals surface area (Å²) in [6.07, 6.45) is 0.783. The molecule has 1 fully saturated rings. The number of hydrogen-bond donors (Lipinski definition) is 2. The fraction of sp³-hybridized carbons (Fsp3) is 0.577. The topological polar surface area (TPSA) is 103 Å². The number of esters is 1. The number of ether oxygens (including phenoxy) is 2. The van der Waals surface area contributed by atoms with Crippen LogP contribution < -0.4 is 15.4 Å². The van der Waals surface area contributed by atoms with Crippen LogP contribution in [0.5, 0.6) is 5.75 Å². The maximum atomic E-state index is 13.2. The summed E-state index contributed by atoms with van der Waals surface area (Å²) in [7, 11) is 3.21. The largest absolute Gasteiger partial charge is 0.496 e. The van der Waals surface area contributed by atoms with Crippen LogP contribution in [0.3, 0.4) is 0 Å². The summed E-state index contributed by atoms with van der Waals surface area (Å²) >= 11 is 0. The van der Waals surface area contributed by atoms with Crippen LogP contribution in [0.2, 0.25) is 0 Å². The molecule has 2 aliphatic heterocycles. The third-order valence-electron chi connectivity index (χ3n) is 6.25. The molecule has 0 bridgehead atoms. The van der Waals surface area contributed by atoms with Crippen molar-refractivity contribution in [2.24, 2.45) is 0 Å². The second kappa shape index (κ2) is 11.6. The molecule has 0 aromatic heterocycles. The Labute approximate surface area is 213 Å². The molecule has 3 rings (SSSR count). The van der Waals surface area contributed by atoms with Crippen molar-refractivity contribution in [1.29, 1.82) is 0 Å². The predicted octanol–water partition coefficient (Wildman–Crippen LogP) is 2.72. The summed E-state index contributed by atoms with van der Waals surface area (Å²) in [5, 5.41) is 5.96. The lowest BCUT2D eigenvalue weighted by Gasteiger charge is -2.37. The Morgan fingerprint density at radius 2 is 1.86 bits per heavy atom. The van der Waals surface area contributed by atoms with Gasteiger partial charge in [-0.1, -0.05) is 18.2 Å². The van der Waals surface area contributed by atoms with E-state index in [0.717, 1.165) is 13.0 Å². The fourth-order valence-electron chi connectivity index (χ4n) is 4.48. The minimum atomic E-state index is -0.708. The number of carbonyl (C=O) groups is 3. The van der Waals surface area contributed by atoms with Gasteiger partial charge in [0.2, 0.25) is 0 Å². The number of nitrogens with zero attached hydrogens (tertiary/aromatic N) is 3. The van der Waals surface area contributed by atoms with E-state index in [1.807, 2.05) is 43.9 Å². The standard InChI is InChI=1S/C26H39N5O5/c1-7-36-23(32)21-19(17-30-13-10-14-31(16-15-30)25(34)28-26(2,3)4)29(5)24(33)27-22(21)18-11-8-9-12-20(18)35-6/h8-9,11-12,22H,7,10,13-17H2,1-6H3,(H,27,33)(H,28,34)/t22-/m0/s1. The maximum Gasteiger partial charge on any atom is 0.338 e. The van der Waals surface area contributed by atoms with Gasteiger partial charge in [0.25, 0.3) is 0 Å². The second-order valence-electron chi connectivity index (χ2n) is 10.1. The Morgan fingerprint density at radius 3 is 2.53 bits per heavy atom. The summed E-state index contributed by atoms with van der Waals surface area (Å²) in [5.74, 6) is 0.0973. The summed E-state index contributed by atoms with van der Waals surface area (Å²) in [6.45, 7) is 10.8. The van der Waals surface area contributed by atoms with Gasteiger partial charge in [0, 0.05) is 56.6 Å². The Balaban J connectivity index is 1.91. The molecule has 0 aliphatic carbocycles. The van der Waals surface area contributed by atoms with E-state index in [-0.39, 0.29) is 24.2 Å². The monoisotopic (exact) mass is 501 g/mol. The van der Waals surface area contributed by atoms with E-state index in [0.29, 0.717) is 48.8 Å². The molecule has 0 radical (unpaired) electrons. The Kier molecular flexibility index (Phi) is 8.84. The maximum absolute atomic E-state index is 13.2. The van der Waals surface area contributed by atoms with Gasteiger partial charge in [0.1, 0.15) is 5.75 Å². The number of methoxy groups -OCH3 is 1. The fourth-order valence-corrected chi connectivity index (χ4v) is 4.48. The van der Waals surface area contributed by atoms with Gasteiger partial charge in [-0.25, -0.2) is 14.4 Å². The van der Waals surface area contributed by atoms with Crippen LogP contribution in [-0.4, -0.2) is 91.8 Å². The van der Waals surface area contributed by atoms with E-state index in [1.54, 1.807) is 27.1 Å². The zero-order valence-corrected chi connectivity index (χ0v) is 22.2. The highest BCUT2D eigenvalue weighted by Gasteiger charge is 2.38. The molecule has 1 aromatic carbocycles. The molecule has 0 saturated carbocycles. The van der Waals surface area contributed by atoms with E-state index < -0.39 is 12.0 Å². The van der Waals surface area contributed by atoms with Gasteiger partial charge in [0.15, 0.2) is 0 Å². The van der Waals surface area contributed by atoms with E-state index in [2.05, 4.69) is 15.5 Å². The Bertz CT molecular complexity index is 1000.